The molecule has 0 aromatic heterocycles. The molecule has 0 aromatic rings. The molecule has 6 nitrogen and oxygen atoms in total. The zero-order valence-electron chi connectivity index (χ0n) is 10.8. The van der Waals surface area contributed by atoms with Gasteiger partial charge in [0.05, 0.1) is 0 Å². The smallest absolute Gasteiger partial charge is 0.325 e. The van der Waals surface area contributed by atoms with Gasteiger partial charge in [-0.25, -0.2) is 0 Å². The SMILES string of the molecule is C=CCC(N)OC(=O)C1(C(=O)OC(N)CC=C)CC1. The highest BCUT2D eigenvalue weighted by atomic mass is 16.6. The number of carbonyl (C=O) groups excluding carboxylic acids is 2. The fourth-order valence-corrected chi connectivity index (χ4v) is 1.54. The van der Waals surface area contributed by atoms with E-state index in [2.05, 4.69) is 13.2 Å². The fraction of sp³-hybridized carbons (Fsp3) is 0.538. The van der Waals surface area contributed by atoms with Crippen LogP contribution >= 0.6 is 0 Å². The van der Waals surface area contributed by atoms with Crippen LogP contribution in [0.2, 0.25) is 0 Å². The van der Waals surface area contributed by atoms with Crippen LogP contribution in [0.3, 0.4) is 0 Å². The van der Waals surface area contributed by atoms with Gasteiger partial charge in [-0.15, -0.1) is 13.2 Å². The van der Waals surface area contributed by atoms with Gasteiger partial charge >= 0.3 is 11.9 Å². The van der Waals surface area contributed by atoms with Crippen molar-refractivity contribution in [1.82, 2.24) is 0 Å². The molecule has 1 fully saturated rings. The summed E-state index contributed by atoms with van der Waals surface area (Å²) in [7, 11) is 0. The summed E-state index contributed by atoms with van der Waals surface area (Å²) in [6.07, 6.45) is 2.93. The topological polar surface area (TPSA) is 105 Å². The van der Waals surface area contributed by atoms with Gasteiger partial charge in [0.15, 0.2) is 17.9 Å². The minimum atomic E-state index is -1.22. The highest BCUT2D eigenvalue weighted by Gasteiger charge is 2.60. The third-order valence-corrected chi connectivity index (χ3v) is 2.85. The van der Waals surface area contributed by atoms with Gasteiger partial charge < -0.3 is 9.47 Å². The predicted octanol–water partition coefficient (Wildman–Crippen LogP) is 0.575. The van der Waals surface area contributed by atoms with E-state index in [-0.39, 0.29) is 0 Å². The first-order valence-corrected chi connectivity index (χ1v) is 6.11. The minimum absolute atomic E-state index is 0.326. The molecular weight excluding hydrogens is 248 g/mol. The van der Waals surface area contributed by atoms with Gasteiger partial charge in [-0.1, -0.05) is 12.2 Å². The molecule has 0 amide bonds. The van der Waals surface area contributed by atoms with E-state index in [0.29, 0.717) is 25.7 Å². The molecule has 0 bridgehead atoms. The van der Waals surface area contributed by atoms with Crippen molar-refractivity contribution in [3.8, 4) is 0 Å². The normalized spacial score (nSPS) is 18.8. The molecule has 1 aliphatic rings. The fourth-order valence-electron chi connectivity index (χ4n) is 1.54. The van der Waals surface area contributed by atoms with Crippen LogP contribution < -0.4 is 11.5 Å². The largest absolute Gasteiger partial charge is 0.446 e. The van der Waals surface area contributed by atoms with Crippen molar-refractivity contribution < 1.29 is 19.1 Å². The third kappa shape index (κ3) is 3.90. The molecule has 2 unspecified atom stereocenters. The van der Waals surface area contributed by atoms with E-state index in [0.717, 1.165) is 0 Å². The summed E-state index contributed by atoms with van der Waals surface area (Å²) in [6.45, 7) is 6.98. The lowest BCUT2D eigenvalue weighted by Gasteiger charge is -2.19. The Balaban J connectivity index is 2.55. The van der Waals surface area contributed by atoms with Crippen LogP contribution in [0.5, 0.6) is 0 Å². The monoisotopic (exact) mass is 268 g/mol. The molecule has 4 N–H and O–H groups in total. The van der Waals surface area contributed by atoms with Crippen molar-refractivity contribution in [1.29, 1.82) is 0 Å². The lowest BCUT2D eigenvalue weighted by molar-refractivity contribution is -0.170. The molecule has 1 aliphatic carbocycles. The van der Waals surface area contributed by atoms with Crippen LogP contribution in [0.15, 0.2) is 25.3 Å². The van der Waals surface area contributed by atoms with Crippen LogP contribution in [0, 0.1) is 5.41 Å². The number of rotatable bonds is 8. The number of ether oxygens (including phenoxy) is 2. The van der Waals surface area contributed by atoms with E-state index in [1.807, 2.05) is 0 Å². The molecule has 6 heteroatoms. The Morgan fingerprint density at radius 1 is 1.05 bits per heavy atom. The van der Waals surface area contributed by atoms with Crippen LogP contribution in [-0.2, 0) is 19.1 Å². The molecule has 0 saturated heterocycles. The number of hydrogen-bond donors (Lipinski definition) is 2. The first-order valence-electron chi connectivity index (χ1n) is 6.11. The molecule has 2 atom stereocenters. The maximum absolute atomic E-state index is 11.9. The lowest BCUT2D eigenvalue weighted by atomic mass is 10.1. The summed E-state index contributed by atoms with van der Waals surface area (Å²) in [4.78, 5) is 23.8. The Morgan fingerprint density at radius 2 is 1.42 bits per heavy atom. The zero-order chi connectivity index (χ0) is 14.5. The molecule has 19 heavy (non-hydrogen) atoms. The average Bonchev–Trinajstić information content (AvgIpc) is 3.10. The summed E-state index contributed by atoms with van der Waals surface area (Å²) in [5, 5.41) is 0. The van der Waals surface area contributed by atoms with Crippen molar-refractivity contribution in [2.75, 3.05) is 0 Å². The quantitative estimate of drug-likeness (QED) is 0.289. The van der Waals surface area contributed by atoms with Crippen molar-refractivity contribution in [3.05, 3.63) is 25.3 Å². The van der Waals surface area contributed by atoms with Crippen molar-refractivity contribution in [2.45, 2.75) is 38.1 Å². The first kappa shape index (κ1) is 15.4. The van der Waals surface area contributed by atoms with Gasteiger partial charge in [-0.2, -0.15) is 0 Å². The molecule has 0 heterocycles. The van der Waals surface area contributed by atoms with E-state index in [1.165, 1.54) is 12.2 Å². The van der Waals surface area contributed by atoms with E-state index >= 15 is 0 Å². The second-order valence-electron chi connectivity index (χ2n) is 4.52. The van der Waals surface area contributed by atoms with Crippen molar-refractivity contribution >= 4 is 11.9 Å². The summed E-state index contributed by atoms with van der Waals surface area (Å²) < 4.78 is 9.97. The summed E-state index contributed by atoms with van der Waals surface area (Å²) >= 11 is 0. The minimum Gasteiger partial charge on any atom is -0.446 e. The molecule has 1 rings (SSSR count). The Hall–Kier alpha value is -1.66. The molecular formula is C13H20N2O4. The number of carbonyl (C=O) groups is 2. The lowest BCUT2D eigenvalue weighted by Crippen LogP contribution is -2.38. The molecule has 1 saturated carbocycles. The maximum atomic E-state index is 11.9. The predicted molar refractivity (Wildman–Crippen MR) is 69.4 cm³/mol. The molecule has 0 aromatic carbocycles. The number of esters is 2. The molecule has 106 valence electrons. The second-order valence-corrected chi connectivity index (χ2v) is 4.52. The van der Waals surface area contributed by atoms with E-state index in [1.54, 1.807) is 0 Å². The highest BCUT2D eigenvalue weighted by molar-refractivity contribution is 6.03. The van der Waals surface area contributed by atoms with Gasteiger partial charge in [-0.3, -0.25) is 21.1 Å². The van der Waals surface area contributed by atoms with Crippen LogP contribution in [0.25, 0.3) is 0 Å². The van der Waals surface area contributed by atoms with Gasteiger partial charge in [0.25, 0.3) is 0 Å². The summed E-state index contributed by atoms with van der Waals surface area (Å²) in [6, 6.07) is 0. The number of nitrogens with two attached hydrogens (primary N) is 2. The molecule has 0 aliphatic heterocycles. The first-order chi connectivity index (χ1) is 8.96. The van der Waals surface area contributed by atoms with Gasteiger partial charge in [0, 0.05) is 12.8 Å². The van der Waals surface area contributed by atoms with Gasteiger partial charge in [0.2, 0.25) is 0 Å². The third-order valence-electron chi connectivity index (χ3n) is 2.85. The molecule has 0 spiro atoms. The average molecular weight is 268 g/mol. The summed E-state index contributed by atoms with van der Waals surface area (Å²) in [5.41, 5.74) is 9.88. The van der Waals surface area contributed by atoms with E-state index in [4.69, 9.17) is 20.9 Å². The Morgan fingerprint density at radius 3 is 1.68 bits per heavy atom. The Labute approximate surface area is 112 Å². The standard InChI is InChI=1S/C13H20N2O4/c1-3-5-9(14)18-11(16)13(7-8-13)12(17)19-10(15)6-4-2/h3-4,9-10H,1-2,5-8,14-15H2. The number of hydrogen-bond acceptors (Lipinski definition) is 6. The van der Waals surface area contributed by atoms with Crippen molar-refractivity contribution in [3.63, 3.8) is 0 Å². The van der Waals surface area contributed by atoms with Gasteiger partial charge in [-0.05, 0) is 12.8 Å². The van der Waals surface area contributed by atoms with E-state index < -0.39 is 29.8 Å². The van der Waals surface area contributed by atoms with Crippen LogP contribution in [0.4, 0.5) is 0 Å². The van der Waals surface area contributed by atoms with Crippen molar-refractivity contribution in [2.24, 2.45) is 16.9 Å². The van der Waals surface area contributed by atoms with Gasteiger partial charge in [0.1, 0.15) is 0 Å². The zero-order valence-corrected chi connectivity index (χ0v) is 10.8. The Kier molecular flexibility index (Phi) is 5.26. The van der Waals surface area contributed by atoms with Crippen LogP contribution in [-0.4, -0.2) is 24.4 Å². The van der Waals surface area contributed by atoms with E-state index in [9.17, 15) is 9.59 Å². The highest BCUT2D eigenvalue weighted by Crippen LogP contribution is 2.48. The molecule has 0 radical (unpaired) electrons. The summed E-state index contributed by atoms with van der Waals surface area (Å²) in [5.74, 6) is -1.31. The second kappa shape index (κ2) is 6.49. The Bertz CT molecular complexity index is 345. The maximum Gasteiger partial charge on any atom is 0.325 e. The van der Waals surface area contributed by atoms with Crippen LogP contribution in [0.1, 0.15) is 25.7 Å².